The van der Waals surface area contributed by atoms with Crippen molar-refractivity contribution in [2.75, 3.05) is 13.7 Å². The minimum absolute atomic E-state index is 0.722. The van der Waals surface area contributed by atoms with Crippen LogP contribution in [-0.2, 0) is 0 Å². The molecule has 0 saturated carbocycles. The van der Waals surface area contributed by atoms with Gasteiger partial charge in [0.25, 0.3) is 0 Å². The summed E-state index contributed by atoms with van der Waals surface area (Å²) in [5.74, 6) is 1.72. The molecule has 2 rings (SSSR count). The summed E-state index contributed by atoms with van der Waals surface area (Å²) in [6.45, 7) is 0.722. The lowest BCUT2D eigenvalue weighted by Crippen LogP contribution is -2.07. The number of hydrogen-bond acceptors (Lipinski definition) is 2. The van der Waals surface area contributed by atoms with E-state index in [0.29, 0.717) is 0 Å². The van der Waals surface area contributed by atoms with Gasteiger partial charge in [0, 0.05) is 12.0 Å². The summed E-state index contributed by atoms with van der Waals surface area (Å²) in [6, 6.07) is 5.77. The van der Waals surface area contributed by atoms with Gasteiger partial charge in [0.05, 0.1) is 13.7 Å². The lowest BCUT2D eigenvalue weighted by atomic mass is 10.1. The van der Waals surface area contributed by atoms with Gasteiger partial charge in [0.1, 0.15) is 11.5 Å². The number of methoxy groups -OCH3 is 1. The van der Waals surface area contributed by atoms with Crippen LogP contribution in [-0.4, -0.2) is 13.7 Å². The Morgan fingerprint density at radius 2 is 2.42 bits per heavy atom. The Hall–Kier alpha value is -1.18. The van der Waals surface area contributed by atoms with Crippen LogP contribution in [0.4, 0.5) is 0 Å². The van der Waals surface area contributed by atoms with E-state index in [-0.39, 0.29) is 0 Å². The van der Waals surface area contributed by atoms with Crippen molar-refractivity contribution in [3.8, 4) is 11.5 Å². The number of fused-ring (bicyclic) bond motifs is 1. The molecule has 1 aromatic rings. The topological polar surface area (TPSA) is 18.5 Å². The highest BCUT2D eigenvalue weighted by Crippen LogP contribution is 2.33. The van der Waals surface area contributed by atoms with Gasteiger partial charge in [-0.2, -0.15) is 0 Å². The van der Waals surface area contributed by atoms with Gasteiger partial charge in [-0.05, 0) is 18.6 Å². The number of ether oxygens (including phenoxy) is 2. The fourth-order valence-electron chi connectivity index (χ4n) is 1.31. The van der Waals surface area contributed by atoms with Crippen LogP contribution in [0.2, 0.25) is 0 Å². The van der Waals surface area contributed by atoms with E-state index >= 15 is 0 Å². The Morgan fingerprint density at radius 3 is 3.25 bits per heavy atom. The van der Waals surface area contributed by atoms with Crippen LogP contribution in [0.25, 0.3) is 0 Å². The van der Waals surface area contributed by atoms with Crippen LogP contribution in [0.1, 0.15) is 12.0 Å². The van der Waals surface area contributed by atoms with Crippen LogP contribution in [0, 0.1) is 6.42 Å². The molecule has 0 amide bonds. The number of benzene rings is 1. The van der Waals surface area contributed by atoms with Crippen molar-refractivity contribution in [3.05, 3.63) is 30.2 Å². The van der Waals surface area contributed by atoms with Gasteiger partial charge in [-0.25, -0.2) is 0 Å². The van der Waals surface area contributed by atoms with E-state index in [1.165, 1.54) is 0 Å². The molecule has 1 aliphatic heterocycles. The van der Waals surface area contributed by atoms with Gasteiger partial charge in [-0.15, -0.1) is 0 Å². The van der Waals surface area contributed by atoms with E-state index in [9.17, 15) is 0 Å². The Labute approximate surface area is 72.1 Å². The summed E-state index contributed by atoms with van der Waals surface area (Å²) in [5.41, 5.74) is 0.964. The quantitative estimate of drug-likeness (QED) is 0.628. The minimum Gasteiger partial charge on any atom is -0.496 e. The minimum atomic E-state index is 0.722. The second-order valence-electron chi connectivity index (χ2n) is 2.61. The monoisotopic (exact) mass is 162 g/mol. The van der Waals surface area contributed by atoms with Gasteiger partial charge in [-0.3, -0.25) is 0 Å². The lowest BCUT2D eigenvalue weighted by molar-refractivity contribution is 0.301. The summed E-state index contributed by atoms with van der Waals surface area (Å²) < 4.78 is 10.6. The van der Waals surface area contributed by atoms with Gasteiger partial charge in [-0.1, -0.05) is 6.07 Å². The van der Waals surface area contributed by atoms with E-state index in [4.69, 9.17) is 9.47 Å². The SMILES string of the molecule is COc1cccc2c1[C]CCO2. The molecule has 2 heteroatoms. The zero-order chi connectivity index (χ0) is 8.39. The molecular formula is C10H10O2. The molecule has 0 N–H and O–H groups in total. The van der Waals surface area contributed by atoms with Crippen LogP contribution >= 0.6 is 0 Å². The maximum absolute atomic E-state index is 5.42. The molecule has 12 heavy (non-hydrogen) atoms. The van der Waals surface area contributed by atoms with Crippen LogP contribution < -0.4 is 9.47 Å². The third-order valence-corrected chi connectivity index (χ3v) is 1.87. The number of hydrogen-bond donors (Lipinski definition) is 0. The zero-order valence-electron chi connectivity index (χ0n) is 6.96. The van der Waals surface area contributed by atoms with Crippen LogP contribution in [0.5, 0.6) is 11.5 Å². The fourth-order valence-corrected chi connectivity index (χ4v) is 1.31. The predicted octanol–water partition coefficient (Wildman–Crippen LogP) is 1.91. The highest BCUT2D eigenvalue weighted by molar-refractivity contribution is 5.50. The third kappa shape index (κ3) is 1.13. The predicted molar refractivity (Wildman–Crippen MR) is 45.5 cm³/mol. The Balaban J connectivity index is 2.44. The average molecular weight is 162 g/mol. The van der Waals surface area contributed by atoms with Crippen molar-refractivity contribution in [2.45, 2.75) is 6.42 Å². The molecule has 1 aromatic carbocycles. The highest BCUT2D eigenvalue weighted by Gasteiger charge is 2.14. The number of rotatable bonds is 1. The molecule has 0 bridgehead atoms. The van der Waals surface area contributed by atoms with E-state index in [2.05, 4.69) is 6.42 Å². The molecule has 1 heterocycles. The fraction of sp³-hybridized carbons (Fsp3) is 0.300. The molecule has 0 atom stereocenters. The van der Waals surface area contributed by atoms with E-state index < -0.39 is 0 Å². The molecule has 2 radical (unpaired) electrons. The first kappa shape index (κ1) is 7.47. The highest BCUT2D eigenvalue weighted by atomic mass is 16.5. The largest absolute Gasteiger partial charge is 0.496 e. The summed E-state index contributed by atoms with van der Waals surface area (Å²) in [6.07, 6.45) is 4.07. The Kier molecular flexibility index (Phi) is 1.90. The summed E-state index contributed by atoms with van der Waals surface area (Å²) in [5, 5.41) is 0. The van der Waals surface area contributed by atoms with Crippen molar-refractivity contribution < 1.29 is 9.47 Å². The summed E-state index contributed by atoms with van der Waals surface area (Å²) in [4.78, 5) is 0. The molecule has 1 aliphatic rings. The summed E-state index contributed by atoms with van der Waals surface area (Å²) >= 11 is 0. The maximum Gasteiger partial charge on any atom is 0.126 e. The second kappa shape index (κ2) is 3.05. The van der Waals surface area contributed by atoms with Gasteiger partial charge in [0.15, 0.2) is 0 Å². The van der Waals surface area contributed by atoms with Crippen molar-refractivity contribution in [2.24, 2.45) is 0 Å². The van der Waals surface area contributed by atoms with Gasteiger partial charge < -0.3 is 9.47 Å². The van der Waals surface area contributed by atoms with Crippen LogP contribution in [0.3, 0.4) is 0 Å². The molecule has 0 fully saturated rings. The van der Waals surface area contributed by atoms with Crippen molar-refractivity contribution >= 4 is 0 Å². The van der Waals surface area contributed by atoms with E-state index in [0.717, 1.165) is 30.1 Å². The Bertz CT molecular complexity index is 267. The first-order valence-corrected chi connectivity index (χ1v) is 3.95. The maximum atomic E-state index is 5.42. The lowest BCUT2D eigenvalue weighted by Gasteiger charge is -2.18. The third-order valence-electron chi connectivity index (χ3n) is 1.87. The standard InChI is InChI=1S/C10H10O2/c1-11-9-5-2-6-10-8(9)4-3-7-12-10/h2,5-6H,3,7H2,1H3. The second-order valence-corrected chi connectivity index (χ2v) is 2.61. The molecule has 62 valence electrons. The first-order chi connectivity index (χ1) is 5.92. The van der Waals surface area contributed by atoms with Crippen LogP contribution in [0.15, 0.2) is 18.2 Å². The molecule has 0 aromatic heterocycles. The Morgan fingerprint density at radius 1 is 1.50 bits per heavy atom. The molecule has 2 nitrogen and oxygen atoms in total. The van der Waals surface area contributed by atoms with Crippen molar-refractivity contribution in [3.63, 3.8) is 0 Å². The molecule has 0 spiro atoms. The molecule has 0 aliphatic carbocycles. The average Bonchev–Trinajstić information content (AvgIpc) is 2.17. The van der Waals surface area contributed by atoms with Gasteiger partial charge in [0.2, 0.25) is 0 Å². The smallest absolute Gasteiger partial charge is 0.126 e. The molecular weight excluding hydrogens is 152 g/mol. The zero-order valence-corrected chi connectivity index (χ0v) is 6.96. The normalized spacial score (nSPS) is 14.8. The van der Waals surface area contributed by atoms with Crippen molar-refractivity contribution in [1.29, 1.82) is 0 Å². The van der Waals surface area contributed by atoms with Crippen molar-refractivity contribution in [1.82, 2.24) is 0 Å². The molecule has 0 saturated heterocycles. The van der Waals surface area contributed by atoms with E-state index in [1.54, 1.807) is 7.11 Å². The van der Waals surface area contributed by atoms with Gasteiger partial charge >= 0.3 is 0 Å². The first-order valence-electron chi connectivity index (χ1n) is 3.95. The van der Waals surface area contributed by atoms with E-state index in [1.807, 2.05) is 18.2 Å². The molecule has 0 unspecified atom stereocenters. The summed E-state index contributed by atoms with van der Waals surface area (Å²) in [7, 11) is 1.66.